The van der Waals surface area contributed by atoms with E-state index < -0.39 is 42.5 Å². The summed E-state index contributed by atoms with van der Waals surface area (Å²) in [6.45, 7) is -0.559. The van der Waals surface area contributed by atoms with E-state index >= 15 is 0 Å². The van der Waals surface area contributed by atoms with Crippen molar-refractivity contribution in [2.45, 2.75) is 24.6 Å². The molecule has 1 unspecified atom stereocenters. The minimum absolute atomic E-state index is 0.559. The number of aromatic nitrogens is 2. The van der Waals surface area contributed by atoms with Gasteiger partial charge in [0, 0.05) is 12.3 Å². The first-order valence-corrected chi connectivity index (χ1v) is 4.94. The molecule has 1 aliphatic rings. The highest BCUT2D eigenvalue weighted by Gasteiger charge is 2.45. The number of hydrogen-bond acceptors (Lipinski definition) is 5. The molecular formula is C9H11FN2O5. The highest BCUT2D eigenvalue weighted by Crippen LogP contribution is 2.30. The highest BCUT2D eigenvalue weighted by atomic mass is 19.1. The Labute approximate surface area is 94.1 Å². The van der Waals surface area contributed by atoms with E-state index in [1.54, 1.807) is 0 Å². The van der Waals surface area contributed by atoms with Gasteiger partial charge in [0.1, 0.15) is 12.2 Å². The molecule has 94 valence electrons. The summed E-state index contributed by atoms with van der Waals surface area (Å²) in [5, 5.41) is 18.2. The largest absolute Gasteiger partial charge is 0.394 e. The van der Waals surface area contributed by atoms with Crippen molar-refractivity contribution in [1.29, 1.82) is 0 Å². The number of aliphatic hydroxyl groups is 2. The Morgan fingerprint density at radius 3 is 2.76 bits per heavy atom. The molecule has 1 aromatic heterocycles. The van der Waals surface area contributed by atoms with Crippen LogP contribution in [0, 0.1) is 0 Å². The zero-order valence-corrected chi connectivity index (χ0v) is 8.62. The van der Waals surface area contributed by atoms with Crippen LogP contribution < -0.4 is 11.2 Å². The summed E-state index contributed by atoms with van der Waals surface area (Å²) in [5.41, 5.74) is -1.45. The second-order valence-electron chi connectivity index (χ2n) is 3.70. The zero-order valence-electron chi connectivity index (χ0n) is 8.62. The number of alkyl halides is 1. The van der Waals surface area contributed by atoms with Crippen molar-refractivity contribution < 1.29 is 19.3 Å². The summed E-state index contributed by atoms with van der Waals surface area (Å²) in [6.07, 6.45) is -4.73. The molecular weight excluding hydrogens is 235 g/mol. The van der Waals surface area contributed by atoms with Gasteiger partial charge in [0.2, 0.25) is 0 Å². The molecule has 2 heterocycles. The minimum atomic E-state index is -1.85. The third-order valence-electron chi connectivity index (χ3n) is 2.60. The lowest BCUT2D eigenvalue weighted by atomic mass is 10.1. The molecule has 0 amide bonds. The van der Waals surface area contributed by atoms with Gasteiger partial charge in [-0.2, -0.15) is 0 Å². The van der Waals surface area contributed by atoms with Crippen LogP contribution in [0.3, 0.4) is 0 Å². The summed E-state index contributed by atoms with van der Waals surface area (Å²) >= 11 is 0. The van der Waals surface area contributed by atoms with Crippen molar-refractivity contribution in [2.24, 2.45) is 0 Å². The fourth-order valence-electron chi connectivity index (χ4n) is 1.71. The van der Waals surface area contributed by atoms with Crippen LogP contribution in [-0.2, 0) is 4.74 Å². The smallest absolute Gasteiger partial charge is 0.330 e. The Balaban J connectivity index is 2.35. The van der Waals surface area contributed by atoms with Crippen LogP contribution in [-0.4, -0.2) is 44.8 Å². The highest BCUT2D eigenvalue weighted by molar-refractivity contribution is 4.93. The van der Waals surface area contributed by atoms with Crippen LogP contribution in [0.25, 0.3) is 0 Å². The molecule has 1 aliphatic heterocycles. The molecule has 1 aromatic rings. The van der Waals surface area contributed by atoms with E-state index in [0.717, 1.165) is 16.8 Å². The van der Waals surface area contributed by atoms with Gasteiger partial charge in [0.05, 0.1) is 6.61 Å². The molecule has 0 aromatic carbocycles. The number of ether oxygens (including phenoxy) is 1. The molecule has 0 spiro atoms. The van der Waals surface area contributed by atoms with E-state index in [0.29, 0.717) is 0 Å². The fraction of sp³-hybridized carbons (Fsp3) is 0.556. The van der Waals surface area contributed by atoms with Gasteiger partial charge in [0.25, 0.3) is 5.56 Å². The Kier molecular flexibility index (Phi) is 3.09. The summed E-state index contributed by atoms with van der Waals surface area (Å²) in [7, 11) is 0. The normalized spacial score (nSPS) is 32.9. The van der Waals surface area contributed by atoms with Gasteiger partial charge >= 0.3 is 5.69 Å². The quantitative estimate of drug-likeness (QED) is 0.567. The van der Waals surface area contributed by atoms with Crippen LogP contribution in [0.4, 0.5) is 4.39 Å². The molecule has 17 heavy (non-hydrogen) atoms. The Morgan fingerprint density at radius 2 is 2.24 bits per heavy atom. The summed E-state index contributed by atoms with van der Waals surface area (Å²) < 4.78 is 19.5. The molecule has 7 nitrogen and oxygen atoms in total. The summed E-state index contributed by atoms with van der Waals surface area (Å²) in [5.74, 6) is 0. The van der Waals surface area contributed by atoms with Gasteiger partial charge in [-0.25, -0.2) is 9.18 Å². The van der Waals surface area contributed by atoms with E-state index in [1.807, 2.05) is 4.98 Å². The van der Waals surface area contributed by atoms with Gasteiger partial charge < -0.3 is 14.9 Å². The molecule has 1 saturated heterocycles. The molecule has 0 aliphatic carbocycles. The van der Waals surface area contributed by atoms with Crippen LogP contribution in [0.2, 0.25) is 0 Å². The number of hydrogen-bond donors (Lipinski definition) is 3. The third kappa shape index (κ3) is 2.02. The van der Waals surface area contributed by atoms with Crippen molar-refractivity contribution in [2.75, 3.05) is 6.61 Å². The topological polar surface area (TPSA) is 105 Å². The average Bonchev–Trinajstić information content (AvgIpc) is 2.57. The Bertz CT molecular complexity index is 513. The average molecular weight is 246 g/mol. The maximum Gasteiger partial charge on any atom is 0.330 e. The number of aromatic amines is 1. The molecule has 0 bridgehead atoms. The minimum Gasteiger partial charge on any atom is -0.394 e. The lowest BCUT2D eigenvalue weighted by molar-refractivity contribution is -0.0491. The van der Waals surface area contributed by atoms with Gasteiger partial charge in [-0.05, 0) is 0 Å². The van der Waals surface area contributed by atoms with Crippen molar-refractivity contribution in [3.05, 3.63) is 33.1 Å². The van der Waals surface area contributed by atoms with Crippen molar-refractivity contribution in [3.63, 3.8) is 0 Å². The molecule has 8 heteroatoms. The van der Waals surface area contributed by atoms with Crippen molar-refractivity contribution >= 4 is 0 Å². The number of nitrogens with zero attached hydrogens (tertiary/aromatic N) is 1. The number of nitrogens with one attached hydrogen (secondary N) is 1. The third-order valence-corrected chi connectivity index (χ3v) is 2.60. The zero-order chi connectivity index (χ0) is 12.6. The van der Waals surface area contributed by atoms with Gasteiger partial charge in [0.15, 0.2) is 12.4 Å². The molecule has 4 atom stereocenters. The van der Waals surface area contributed by atoms with Crippen LogP contribution in [0.15, 0.2) is 21.9 Å². The Morgan fingerprint density at radius 1 is 1.53 bits per heavy atom. The predicted molar refractivity (Wildman–Crippen MR) is 53.2 cm³/mol. The first kappa shape index (κ1) is 12.0. The standard InChI is InChI=1S/C9H11FN2O5/c10-6-7(15)4(3-13)17-8(6)12-2-1-5(14)11-9(12)16/h1-2,4,6-8,13,15H,3H2,(H,11,14,16)/t4?,6-,7+,8-/m1/s1. The number of H-pyrrole nitrogens is 1. The van der Waals surface area contributed by atoms with E-state index in [1.165, 1.54) is 0 Å². The SMILES string of the molecule is O=c1ccn([C@@H]2OC(CO)[C@H](O)[C@H]2F)c(=O)[nH]1. The van der Waals surface area contributed by atoms with Crippen LogP contribution >= 0.6 is 0 Å². The summed E-state index contributed by atoms with van der Waals surface area (Å²) in [4.78, 5) is 24.2. The maximum absolute atomic E-state index is 13.6. The predicted octanol–water partition coefficient (Wildman–Crippen LogP) is -1.87. The van der Waals surface area contributed by atoms with Crippen molar-refractivity contribution in [1.82, 2.24) is 9.55 Å². The lowest BCUT2D eigenvalue weighted by Gasteiger charge is -2.15. The van der Waals surface area contributed by atoms with Crippen LogP contribution in [0.5, 0.6) is 0 Å². The first-order chi connectivity index (χ1) is 8.04. The lowest BCUT2D eigenvalue weighted by Crippen LogP contribution is -2.35. The molecule has 1 fully saturated rings. The molecule has 2 rings (SSSR count). The Hall–Kier alpha value is -1.51. The second-order valence-corrected chi connectivity index (χ2v) is 3.70. The molecule has 3 N–H and O–H groups in total. The van der Waals surface area contributed by atoms with Gasteiger partial charge in [-0.1, -0.05) is 0 Å². The van der Waals surface area contributed by atoms with Crippen LogP contribution in [0.1, 0.15) is 6.23 Å². The molecule has 0 radical (unpaired) electrons. The van der Waals surface area contributed by atoms with Crippen molar-refractivity contribution in [3.8, 4) is 0 Å². The summed E-state index contributed by atoms with van der Waals surface area (Å²) in [6, 6.07) is 1.04. The first-order valence-electron chi connectivity index (χ1n) is 4.94. The maximum atomic E-state index is 13.6. The molecule has 0 saturated carbocycles. The second kappa shape index (κ2) is 4.40. The van der Waals surface area contributed by atoms with E-state index in [4.69, 9.17) is 9.84 Å². The van der Waals surface area contributed by atoms with Gasteiger partial charge in [-0.3, -0.25) is 14.3 Å². The number of aliphatic hydroxyl groups excluding tert-OH is 2. The van der Waals surface area contributed by atoms with E-state index in [2.05, 4.69) is 0 Å². The van der Waals surface area contributed by atoms with E-state index in [-0.39, 0.29) is 0 Å². The van der Waals surface area contributed by atoms with E-state index in [9.17, 15) is 19.1 Å². The number of rotatable bonds is 2. The monoisotopic (exact) mass is 246 g/mol. The van der Waals surface area contributed by atoms with Gasteiger partial charge in [-0.15, -0.1) is 0 Å². The fourth-order valence-corrected chi connectivity index (χ4v) is 1.71. The number of halogens is 1.